The predicted molar refractivity (Wildman–Crippen MR) is 70.7 cm³/mol. The molecule has 1 aromatic rings. The van der Waals surface area contributed by atoms with Crippen LogP contribution in [-0.2, 0) is 6.54 Å². The van der Waals surface area contributed by atoms with Crippen molar-refractivity contribution in [3.05, 3.63) is 38.9 Å². The fraction of sp³-hybridized carbons (Fsp3) is 0.500. The predicted octanol–water partition coefficient (Wildman–Crippen LogP) is 2.45. The molecule has 100 valence electrons. The smallest absolute Gasteiger partial charge is 0.269 e. The summed E-state index contributed by atoms with van der Waals surface area (Å²) < 4.78 is 0. The van der Waals surface area contributed by atoms with E-state index in [2.05, 4.69) is 0 Å². The second kappa shape index (κ2) is 5.65. The molecule has 1 rings (SSSR count). The van der Waals surface area contributed by atoms with Gasteiger partial charge < -0.3 is 5.11 Å². The van der Waals surface area contributed by atoms with Crippen molar-refractivity contribution in [2.75, 3.05) is 13.7 Å². The van der Waals surface area contributed by atoms with Crippen LogP contribution >= 0.6 is 11.6 Å². The van der Waals surface area contributed by atoms with Crippen molar-refractivity contribution < 1.29 is 10.0 Å². The number of aliphatic hydroxyl groups excluding tert-OH is 1. The number of non-ortho nitro benzene ring substituents is 1. The average Bonchev–Trinajstić information content (AvgIpc) is 2.31. The molecule has 18 heavy (non-hydrogen) atoms. The van der Waals surface area contributed by atoms with Gasteiger partial charge in [-0.3, -0.25) is 15.0 Å². The van der Waals surface area contributed by atoms with Gasteiger partial charge in [-0.1, -0.05) is 11.6 Å². The lowest BCUT2D eigenvalue weighted by Crippen LogP contribution is -2.43. The maximum Gasteiger partial charge on any atom is 0.269 e. The molecule has 0 aliphatic heterocycles. The number of rotatable bonds is 5. The standard InChI is InChI=1S/C12H17ClN2O3/c1-12(2,8-16)14(3)7-9-6-10(15(17)18)4-5-11(9)13/h4-6,16H,7-8H2,1-3H3. The van der Waals surface area contributed by atoms with Crippen LogP contribution in [0, 0.1) is 10.1 Å². The van der Waals surface area contributed by atoms with Gasteiger partial charge >= 0.3 is 0 Å². The third kappa shape index (κ3) is 3.41. The summed E-state index contributed by atoms with van der Waals surface area (Å²) in [5, 5.41) is 20.5. The largest absolute Gasteiger partial charge is 0.394 e. The van der Waals surface area contributed by atoms with E-state index in [9.17, 15) is 15.2 Å². The van der Waals surface area contributed by atoms with E-state index in [1.54, 1.807) is 0 Å². The lowest BCUT2D eigenvalue weighted by atomic mass is 10.0. The molecule has 0 unspecified atom stereocenters. The molecule has 0 aliphatic rings. The Bertz CT molecular complexity index is 449. The molecule has 0 spiro atoms. The van der Waals surface area contributed by atoms with Gasteiger partial charge in [-0.15, -0.1) is 0 Å². The van der Waals surface area contributed by atoms with E-state index in [0.29, 0.717) is 17.1 Å². The molecule has 0 aliphatic carbocycles. The second-order valence-corrected chi connectivity index (χ2v) is 5.27. The summed E-state index contributed by atoms with van der Waals surface area (Å²) in [4.78, 5) is 12.2. The first kappa shape index (κ1) is 14.9. The Labute approximate surface area is 111 Å². The molecule has 0 saturated heterocycles. The van der Waals surface area contributed by atoms with Crippen LogP contribution < -0.4 is 0 Å². The van der Waals surface area contributed by atoms with Gasteiger partial charge in [-0.2, -0.15) is 0 Å². The first-order valence-electron chi connectivity index (χ1n) is 5.53. The summed E-state index contributed by atoms with van der Waals surface area (Å²) in [6, 6.07) is 4.37. The molecule has 0 amide bonds. The minimum Gasteiger partial charge on any atom is -0.394 e. The molecule has 0 atom stereocenters. The van der Waals surface area contributed by atoms with Crippen LogP contribution in [0.2, 0.25) is 5.02 Å². The van der Waals surface area contributed by atoms with Crippen LogP contribution in [0.3, 0.4) is 0 Å². The highest BCUT2D eigenvalue weighted by Crippen LogP contribution is 2.25. The van der Waals surface area contributed by atoms with Gasteiger partial charge in [0, 0.05) is 29.2 Å². The fourth-order valence-electron chi connectivity index (χ4n) is 1.39. The zero-order chi connectivity index (χ0) is 13.9. The number of nitrogens with zero attached hydrogens (tertiary/aromatic N) is 2. The molecule has 0 heterocycles. The molecule has 1 aromatic carbocycles. The van der Waals surface area contributed by atoms with Gasteiger partial charge in [0.2, 0.25) is 0 Å². The van der Waals surface area contributed by atoms with E-state index < -0.39 is 10.5 Å². The van der Waals surface area contributed by atoms with Crippen molar-refractivity contribution in [1.82, 2.24) is 4.90 Å². The zero-order valence-corrected chi connectivity index (χ0v) is 11.4. The summed E-state index contributed by atoms with van der Waals surface area (Å²) in [6.07, 6.45) is 0. The van der Waals surface area contributed by atoms with Crippen molar-refractivity contribution in [2.45, 2.75) is 25.9 Å². The molecule has 0 saturated carbocycles. The second-order valence-electron chi connectivity index (χ2n) is 4.86. The van der Waals surface area contributed by atoms with Crippen molar-refractivity contribution >= 4 is 17.3 Å². The molecular weight excluding hydrogens is 256 g/mol. The van der Waals surface area contributed by atoms with E-state index in [0.717, 1.165) is 0 Å². The van der Waals surface area contributed by atoms with Crippen LogP contribution in [0.1, 0.15) is 19.4 Å². The number of likely N-dealkylation sites (N-methyl/N-ethyl adjacent to an activating group) is 1. The van der Waals surface area contributed by atoms with Gasteiger partial charge in [-0.25, -0.2) is 0 Å². The number of halogens is 1. The summed E-state index contributed by atoms with van der Waals surface area (Å²) >= 11 is 6.03. The molecule has 0 bridgehead atoms. The molecule has 0 aromatic heterocycles. The first-order valence-corrected chi connectivity index (χ1v) is 5.90. The highest BCUT2D eigenvalue weighted by molar-refractivity contribution is 6.31. The summed E-state index contributed by atoms with van der Waals surface area (Å²) in [5.74, 6) is 0. The van der Waals surface area contributed by atoms with Crippen LogP contribution in [0.5, 0.6) is 0 Å². The number of hydrogen-bond acceptors (Lipinski definition) is 4. The lowest BCUT2D eigenvalue weighted by molar-refractivity contribution is -0.384. The van der Waals surface area contributed by atoms with E-state index in [4.69, 9.17) is 11.6 Å². The number of hydrogen-bond donors (Lipinski definition) is 1. The Morgan fingerprint density at radius 3 is 2.61 bits per heavy atom. The zero-order valence-electron chi connectivity index (χ0n) is 10.7. The summed E-state index contributed by atoms with van der Waals surface area (Å²) in [6.45, 7) is 4.21. The molecular formula is C12H17ClN2O3. The highest BCUT2D eigenvalue weighted by atomic mass is 35.5. The van der Waals surface area contributed by atoms with Gasteiger partial charge in [0.1, 0.15) is 0 Å². The van der Waals surface area contributed by atoms with E-state index >= 15 is 0 Å². The van der Waals surface area contributed by atoms with Crippen molar-refractivity contribution in [3.8, 4) is 0 Å². The topological polar surface area (TPSA) is 66.6 Å². The summed E-state index contributed by atoms with van der Waals surface area (Å²) in [7, 11) is 1.84. The minimum atomic E-state index is -0.447. The third-order valence-electron chi connectivity index (χ3n) is 3.07. The van der Waals surface area contributed by atoms with Gasteiger partial charge in [0.15, 0.2) is 0 Å². The Kier molecular flexibility index (Phi) is 4.67. The quantitative estimate of drug-likeness (QED) is 0.660. The van der Waals surface area contributed by atoms with Gasteiger partial charge in [0.05, 0.1) is 11.5 Å². The Morgan fingerprint density at radius 1 is 1.50 bits per heavy atom. The molecule has 6 heteroatoms. The van der Waals surface area contributed by atoms with Crippen molar-refractivity contribution in [2.24, 2.45) is 0 Å². The van der Waals surface area contributed by atoms with E-state index in [1.807, 2.05) is 25.8 Å². The van der Waals surface area contributed by atoms with E-state index in [1.165, 1.54) is 18.2 Å². The van der Waals surface area contributed by atoms with Gasteiger partial charge in [0.25, 0.3) is 5.69 Å². The SMILES string of the molecule is CN(Cc1cc([N+](=O)[O-])ccc1Cl)C(C)(C)CO. The maximum atomic E-state index is 10.7. The van der Waals surface area contributed by atoms with Crippen LogP contribution in [0.25, 0.3) is 0 Å². The summed E-state index contributed by atoms with van der Waals surface area (Å²) in [5.41, 5.74) is 0.285. The van der Waals surface area contributed by atoms with Crippen LogP contribution in [0.15, 0.2) is 18.2 Å². The van der Waals surface area contributed by atoms with Crippen LogP contribution in [0.4, 0.5) is 5.69 Å². The van der Waals surface area contributed by atoms with Crippen molar-refractivity contribution in [1.29, 1.82) is 0 Å². The Balaban J connectivity index is 2.97. The molecule has 1 N–H and O–H groups in total. The number of aliphatic hydroxyl groups is 1. The minimum absolute atomic E-state index is 0.00392. The Hall–Kier alpha value is -1.17. The monoisotopic (exact) mass is 272 g/mol. The fourth-order valence-corrected chi connectivity index (χ4v) is 1.56. The Morgan fingerprint density at radius 2 is 2.11 bits per heavy atom. The van der Waals surface area contributed by atoms with E-state index in [-0.39, 0.29) is 12.3 Å². The molecule has 0 fully saturated rings. The first-order chi connectivity index (χ1) is 8.27. The molecule has 5 nitrogen and oxygen atoms in total. The normalized spacial score (nSPS) is 11.9. The lowest BCUT2D eigenvalue weighted by Gasteiger charge is -2.34. The highest BCUT2D eigenvalue weighted by Gasteiger charge is 2.23. The molecule has 0 radical (unpaired) electrons. The van der Waals surface area contributed by atoms with Crippen LogP contribution in [-0.4, -0.2) is 34.1 Å². The maximum absolute atomic E-state index is 10.7. The number of nitro benzene ring substituents is 1. The van der Waals surface area contributed by atoms with Crippen molar-refractivity contribution in [3.63, 3.8) is 0 Å². The van der Waals surface area contributed by atoms with Gasteiger partial charge in [-0.05, 0) is 32.5 Å². The average molecular weight is 273 g/mol. The third-order valence-corrected chi connectivity index (χ3v) is 3.44. The number of nitro groups is 1. The number of benzene rings is 1.